The van der Waals surface area contributed by atoms with Crippen LogP contribution in [0.5, 0.6) is 5.88 Å². The Kier molecular flexibility index (Phi) is 4.62. The van der Waals surface area contributed by atoms with Crippen LogP contribution in [-0.2, 0) is 0 Å². The van der Waals surface area contributed by atoms with Gasteiger partial charge < -0.3 is 9.64 Å². The van der Waals surface area contributed by atoms with Crippen molar-refractivity contribution >= 4 is 17.4 Å². The molecule has 0 fully saturated rings. The number of aromatic nitrogens is 2. The second-order valence-electron chi connectivity index (χ2n) is 3.31. The third-order valence-electron chi connectivity index (χ3n) is 1.81. The van der Waals surface area contributed by atoms with Gasteiger partial charge in [-0.05, 0) is 13.8 Å². The first-order chi connectivity index (χ1) is 7.13. The van der Waals surface area contributed by atoms with Gasteiger partial charge in [-0.25, -0.2) is 0 Å². The molecule has 1 aromatic heterocycles. The molecule has 0 aliphatic carbocycles. The van der Waals surface area contributed by atoms with Crippen LogP contribution in [0.2, 0.25) is 0 Å². The Morgan fingerprint density at radius 1 is 1.53 bits per heavy atom. The van der Waals surface area contributed by atoms with Crippen LogP contribution in [0.15, 0.2) is 12.4 Å². The van der Waals surface area contributed by atoms with Gasteiger partial charge in [0.15, 0.2) is 5.82 Å². The molecule has 0 spiro atoms. The van der Waals surface area contributed by atoms with E-state index in [9.17, 15) is 0 Å². The molecule has 1 atom stereocenters. The smallest absolute Gasteiger partial charge is 0.234 e. The number of nitrogens with zero attached hydrogens (tertiary/aromatic N) is 3. The molecule has 0 aliphatic rings. The lowest BCUT2D eigenvalue weighted by Gasteiger charge is -2.19. The number of alkyl halides is 1. The van der Waals surface area contributed by atoms with Gasteiger partial charge in [0.05, 0.1) is 19.0 Å². The second-order valence-corrected chi connectivity index (χ2v) is 4.05. The maximum Gasteiger partial charge on any atom is 0.234 e. The average Bonchev–Trinajstić information content (AvgIpc) is 2.17. The Morgan fingerprint density at radius 3 is 2.87 bits per heavy atom. The highest BCUT2D eigenvalue weighted by Crippen LogP contribution is 2.13. The second kappa shape index (κ2) is 5.75. The highest BCUT2D eigenvalue weighted by molar-refractivity contribution is 6.20. The fourth-order valence-corrected chi connectivity index (χ4v) is 1.42. The van der Waals surface area contributed by atoms with E-state index in [1.165, 1.54) is 0 Å². The molecule has 0 aromatic carbocycles. The zero-order valence-electron chi connectivity index (χ0n) is 9.27. The van der Waals surface area contributed by atoms with Gasteiger partial charge in [-0.1, -0.05) is 0 Å². The summed E-state index contributed by atoms with van der Waals surface area (Å²) in [6.07, 6.45) is 3.30. The van der Waals surface area contributed by atoms with Crippen molar-refractivity contribution in [3.63, 3.8) is 0 Å². The molecule has 1 unspecified atom stereocenters. The molecule has 1 rings (SSSR count). The molecule has 15 heavy (non-hydrogen) atoms. The Bertz CT molecular complexity index is 306. The van der Waals surface area contributed by atoms with E-state index in [2.05, 4.69) is 9.97 Å². The number of hydrogen-bond donors (Lipinski definition) is 0. The average molecular weight is 230 g/mol. The molecule has 1 heterocycles. The van der Waals surface area contributed by atoms with Gasteiger partial charge in [-0.15, -0.1) is 11.6 Å². The number of rotatable bonds is 5. The van der Waals surface area contributed by atoms with Crippen LogP contribution in [0.3, 0.4) is 0 Å². The van der Waals surface area contributed by atoms with Crippen LogP contribution in [-0.4, -0.2) is 35.5 Å². The lowest BCUT2D eigenvalue weighted by atomic mass is 10.4. The molecule has 0 aliphatic heterocycles. The van der Waals surface area contributed by atoms with Crippen LogP contribution in [0.25, 0.3) is 0 Å². The number of hydrogen-bond acceptors (Lipinski definition) is 4. The predicted octanol–water partition coefficient (Wildman–Crippen LogP) is 1.94. The summed E-state index contributed by atoms with van der Waals surface area (Å²) in [6, 6.07) is 0. The van der Waals surface area contributed by atoms with E-state index in [1.54, 1.807) is 12.4 Å². The van der Waals surface area contributed by atoms with E-state index in [-0.39, 0.29) is 5.38 Å². The Labute approximate surface area is 95.2 Å². The largest absolute Gasteiger partial charge is 0.477 e. The van der Waals surface area contributed by atoms with E-state index in [0.717, 1.165) is 12.4 Å². The van der Waals surface area contributed by atoms with Gasteiger partial charge in [0.2, 0.25) is 5.88 Å². The molecule has 4 nitrogen and oxygen atoms in total. The first-order valence-electron chi connectivity index (χ1n) is 4.93. The third kappa shape index (κ3) is 3.91. The summed E-state index contributed by atoms with van der Waals surface area (Å²) in [5.41, 5.74) is 0. The maximum absolute atomic E-state index is 5.90. The van der Waals surface area contributed by atoms with Crippen molar-refractivity contribution in [2.45, 2.75) is 19.2 Å². The van der Waals surface area contributed by atoms with Gasteiger partial charge in [-0.2, -0.15) is 4.98 Å². The van der Waals surface area contributed by atoms with Gasteiger partial charge in [0.25, 0.3) is 0 Å². The van der Waals surface area contributed by atoms with Crippen molar-refractivity contribution < 1.29 is 4.74 Å². The van der Waals surface area contributed by atoms with Crippen LogP contribution >= 0.6 is 11.6 Å². The van der Waals surface area contributed by atoms with Gasteiger partial charge in [0, 0.05) is 19.0 Å². The fraction of sp³-hybridized carbons (Fsp3) is 0.600. The van der Waals surface area contributed by atoms with Crippen LogP contribution in [0.1, 0.15) is 13.8 Å². The van der Waals surface area contributed by atoms with Gasteiger partial charge >= 0.3 is 0 Å². The van der Waals surface area contributed by atoms with Crippen LogP contribution < -0.4 is 9.64 Å². The molecule has 0 saturated heterocycles. The monoisotopic (exact) mass is 229 g/mol. The van der Waals surface area contributed by atoms with Crippen molar-refractivity contribution in [1.82, 2.24) is 9.97 Å². The Hall–Kier alpha value is -1.03. The molecule has 0 N–H and O–H groups in total. The minimum absolute atomic E-state index is 0.0764. The van der Waals surface area contributed by atoms with Crippen molar-refractivity contribution in [3.8, 4) is 5.88 Å². The minimum Gasteiger partial charge on any atom is -0.477 e. The number of halogens is 1. The molecule has 0 radical (unpaired) electrons. The Balaban J connectivity index is 2.71. The van der Waals surface area contributed by atoms with E-state index in [4.69, 9.17) is 16.3 Å². The zero-order chi connectivity index (χ0) is 11.3. The van der Waals surface area contributed by atoms with Crippen LogP contribution in [0.4, 0.5) is 5.82 Å². The summed E-state index contributed by atoms with van der Waals surface area (Å²) in [6.45, 7) is 5.18. The topological polar surface area (TPSA) is 38.2 Å². The quantitative estimate of drug-likeness (QED) is 0.724. The van der Waals surface area contributed by atoms with E-state index < -0.39 is 0 Å². The molecule has 0 bridgehead atoms. The number of ether oxygens (including phenoxy) is 1. The van der Waals surface area contributed by atoms with Crippen molar-refractivity contribution in [1.29, 1.82) is 0 Å². The lowest BCUT2D eigenvalue weighted by Crippen LogP contribution is -2.25. The molecule has 5 heteroatoms. The van der Waals surface area contributed by atoms with Crippen molar-refractivity contribution in [3.05, 3.63) is 12.4 Å². The highest BCUT2D eigenvalue weighted by Gasteiger charge is 2.07. The van der Waals surface area contributed by atoms with Crippen molar-refractivity contribution in [2.75, 3.05) is 25.1 Å². The first kappa shape index (κ1) is 12.0. The minimum atomic E-state index is 0.0764. The summed E-state index contributed by atoms with van der Waals surface area (Å²) in [5.74, 6) is 1.32. The van der Waals surface area contributed by atoms with E-state index >= 15 is 0 Å². The SMILES string of the molecule is CCOc1cncc(N(C)CC(C)Cl)n1. The number of anilines is 1. The maximum atomic E-state index is 5.90. The van der Waals surface area contributed by atoms with E-state index in [1.807, 2.05) is 25.8 Å². The molecular weight excluding hydrogens is 214 g/mol. The normalized spacial score (nSPS) is 12.3. The predicted molar refractivity (Wildman–Crippen MR) is 61.8 cm³/mol. The van der Waals surface area contributed by atoms with E-state index in [0.29, 0.717) is 12.5 Å². The van der Waals surface area contributed by atoms with Gasteiger partial charge in [-0.3, -0.25) is 4.98 Å². The zero-order valence-corrected chi connectivity index (χ0v) is 10.0. The lowest BCUT2D eigenvalue weighted by molar-refractivity contribution is 0.325. The summed E-state index contributed by atoms with van der Waals surface area (Å²) in [4.78, 5) is 10.3. The Morgan fingerprint density at radius 2 is 2.27 bits per heavy atom. The first-order valence-corrected chi connectivity index (χ1v) is 5.37. The molecule has 84 valence electrons. The molecular formula is C10H16ClN3O. The highest BCUT2D eigenvalue weighted by atomic mass is 35.5. The summed E-state index contributed by atoms with van der Waals surface area (Å²) >= 11 is 5.90. The molecule has 0 saturated carbocycles. The van der Waals surface area contributed by atoms with Gasteiger partial charge in [0.1, 0.15) is 0 Å². The summed E-state index contributed by atoms with van der Waals surface area (Å²) in [7, 11) is 1.93. The summed E-state index contributed by atoms with van der Waals surface area (Å²) in [5, 5.41) is 0.0764. The molecule has 0 amide bonds. The fourth-order valence-electron chi connectivity index (χ4n) is 1.21. The molecule has 1 aromatic rings. The van der Waals surface area contributed by atoms with Crippen LogP contribution in [0, 0.1) is 0 Å². The summed E-state index contributed by atoms with van der Waals surface area (Å²) < 4.78 is 5.27. The third-order valence-corrected chi connectivity index (χ3v) is 1.95. The standard InChI is InChI=1S/C10H16ClN3O/c1-4-15-10-6-12-5-9(13-10)14(3)7-8(2)11/h5-6,8H,4,7H2,1-3H3. The van der Waals surface area contributed by atoms with Crippen molar-refractivity contribution in [2.24, 2.45) is 0 Å².